The molecule has 0 saturated heterocycles. The minimum Gasteiger partial charge on any atom is -0.466 e. The van der Waals surface area contributed by atoms with Gasteiger partial charge in [0.25, 0.3) is 5.56 Å². The van der Waals surface area contributed by atoms with Gasteiger partial charge in [0.15, 0.2) is 5.16 Å². The van der Waals surface area contributed by atoms with Crippen molar-refractivity contribution in [3.8, 4) is 0 Å². The summed E-state index contributed by atoms with van der Waals surface area (Å²) in [6.07, 6.45) is 3.51. The van der Waals surface area contributed by atoms with Crippen LogP contribution in [0.5, 0.6) is 0 Å². The molecule has 2 aromatic rings. The SMILES string of the molecule is CCOC(=O)CCSc1nc2sc3c(c2c(=O)n1C)CCC3. The van der Waals surface area contributed by atoms with Gasteiger partial charge in [-0.1, -0.05) is 11.8 Å². The average Bonchev–Trinajstić information content (AvgIpc) is 3.04. The highest BCUT2D eigenvalue weighted by Gasteiger charge is 2.22. The van der Waals surface area contributed by atoms with Crippen LogP contribution in [0.3, 0.4) is 0 Å². The second kappa shape index (κ2) is 6.42. The minimum absolute atomic E-state index is 0.0306. The van der Waals surface area contributed by atoms with E-state index >= 15 is 0 Å². The quantitative estimate of drug-likeness (QED) is 0.476. The predicted molar refractivity (Wildman–Crippen MR) is 88.9 cm³/mol. The highest BCUT2D eigenvalue weighted by Crippen LogP contribution is 2.35. The van der Waals surface area contributed by atoms with Gasteiger partial charge in [-0.2, -0.15) is 0 Å². The third-order valence-corrected chi connectivity index (χ3v) is 5.97. The van der Waals surface area contributed by atoms with Crippen molar-refractivity contribution in [2.75, 3.05) is 12.4 Å². The zero-order chi connectivity index (χ0) is 15.7. The maximum absolute atomic E-state index is 12.6. The highest BCUT2D eigenvalue weighted by molar-refractivity contribution is 7.99. The molecule has 22 heavy (non-hydrogen) atoms. The Morgan fingerprint density at radius 3 is 3.05 bits per heavy atom. The first-order valence-corrected chi connectivity index (χ1v) is 9.21. The van der Waals surface area contributed by atoms with Crippen LogP contribution in [0.1, 0.15) is 30.2 Å². The number of aromatic nitrogens is 2. The smallest absolute Gasteiger partial charge is 0.306 e. The molecule has 2 aromatic heterocycles. The van der Waals surface area contributed by atoms with Crippen LogP contribution in [0.25, 0.3) is 10.2 Å². The zero-order valence-electron chi connectivity index (χ0n) is 12.7. The standard InChI is InChI=1S/C15H18N2O3S2/c1-3-20-11(18)7-8-21-15-16-13-12(14(19)17(15)2)9-5-4-6-10(9)22-13/h3-8H2,1-2H3. The molecule has 0 saturated carbocycles. The molecule has 0 bridgehead atoms. The van der Waals surface area contributed by atoms with Crippen molar-refractivity contribution in [1.29, 1.82) is 0 Å². The number of ether oxygens (including phenoxy) is 1. The summed E-state index contributed by atoms with van der Waals surface area (Å²) in [5.41, 5.74) is 1.24. The second-order valence-corrected chi connectivity index (χ2v) is 7.35. The molecule has 3 rings (SSSR count). The number of hydrogen-bond donors (Lipinski definition) is 0. The van der Waals surface area contributed by atoms with E-state index in [1.807, 2.05) is 0 Å². The van der Waals surface area contributed by atoms with Gasteiger partial charge < -0.3 is 4.74 Å². The Bertz CT molecular complexity index is 779. The zero-order valence-corrected chi connectivity index (χ0v) is 14.3. The largest absolute Gasteiger partial charge is 0.466 e. The van der Waals surface area contributed by atoms with E-state index in [4.69, 9.17) is 4.74 Å². The molecule has 0 aliphatic heterocycles. The molecule has 1 aliphatic carbocycles. The van der Waals surface area contributed by atoms with Crippen molar-refractivity contribution in [3.63, 3.8) is 0 Å². The van der Waals surface area contributed by atoms with Crippen LogP contribution in [0.4, 0.5) is 0 Å². The monoisotopic (exact) mass is 338 g/mol. The number of thiophene rings is 1. The molecular formula is C15H18N2O3S2. The van der Waals surface area contributed by atoms with Crippen molar-refractivity contribution in [2.24, 2.45) is 7.05 Å². The van der Waals surface area contributed by atoms with Crippen LogP contribution < -0.4 is 5.56 Å². The average molecular weight is 338 g/mol. The number of hydrogen-bond acceptors (Lipinski definition) is 6. The summed E-state index contributed by atoms with van der Waals surface area (Å²) in [6, 6.07) is 0. The number of esters is 1. The first kappa shape index (κ1) is 15.6. The Hall–Kier alpha value is -1.34. The van der Waals surface area contributed by atoms with Crippen molar-refractivity contribution in [2.45, 2.75) is 37.8 Å². The Kier molecular flexibility index (Phi) is 4.54. The molecule has 0 spiro atoms. The molecule has 1 aliphatic rings. The molecule has 5 nitrogen and oxygen atoms in total. The molecule has 0 amide bonds. The number of carbonyl (C=O) groups is 1. The van der Waals surface area contributed by atoms with Gasteiger partial charge in [-0.05, 0) is 31.7 Å². The van der Waals surface area contributed by atoms with Gasteiger partial charge in [0, 0.05) is 17.7 Å². The summed E-state index contributed by atoms with van der Waals surface area (Å²) in [7, 11) is 1.75. The van der Waals surface area contributed by atoms with Gasteiger partial charge in [-0.3, -0.25) is 14.2 Å². The molecule has 0 aromatic carbocycles. The summed E-state index contributed by atoms with van der Waals surface area (Å²) in [4.78, 5) is 30.8. The van der Waals surface area contributed by atoms with Gasteiger partial charge in [0.05, 0.1) is 18.4 Å². The van der Waals surface area contributed by atoms with Gasteiger partial charge in [-0.15, -0.1) is 11.3 Å². The number of thioether (sulfide) groups is 1. The molecule has 0 N–H and O–H groups in total. The van der Waals surface area contributed by atoms with Crippen LogP contribution in [-0.4, -0.2) is 27.9 Å². The molecular weight excluding hydrogens is 320 g/mol. The lowest BCUT2D eigenvalue weighted by molar-refractivity contribution is -0.142. The number of carbonyl (C=O) groups excluding carboxylic acids is 1. The summed E-state index contributed by atoms with van der Waals surface area (Å²) in [5, 5.41) is 1.47. The molecule has 0 fully saturated rings. The van der Waals surface area contributed by atoms with Crippen molar-refractivity contribution < 1.29 is 9.53 Å². The van der Waals surface area contributed by atoms with E-state index in [-0.39, 0.29) is 11.5 Å². The highest BCUT2D eigenvalue weighted by atomic mass is 32.2. The normalized spacial score (nSPS) is 13.5. The summed E-state index contributed by atoms with van der Waals surface area (Å²) in [5.74, 6) is 0.353. The maximum atomic E-state index is 12.6. The first-order chi connectivity index (χ1) is 10.6. The van der Waals surface area contributed by atoms with Crippen LogP contribution in [-0.2, 0) is 29.4 Å². The molecule has 0 atom stereocenters. The van der Waals surface area contributed by atoms with Crippen LogP contribution in [0, 0.1) is 0 Å². The maximum Gasteiger partial charge on any atom is 0.306 e. The summed E-state index contributed by atoms with van der Waals surface area (Å²) in [6.45, 7) is 2.19. The van der Waals surface area contributed by atoms with E-state index < -0.39 is 0 Å². The Labute approximate surface area is 136 Å². The van der Waals surface area contributed by atoms with Crippen LogP contribution >= 0.6 is 23.1 Å². The van der Waals surface area contributed by atoms with Gasteiger partial charge in [0.2, 0.25) is 0 Å². The lowest BCUT2D eigenvalue weighted by atomic mass is 10.2. The molecule has 7 heteroatoms. The molecule has 0 radical (unpaired) electrons. The van der Waals surface area contributed by atoms with Gasteiger partial charge >= 0.3 is 5.97 Å². The lowest BCUT2D eigenvalue weighted by Crippen LogP contribution is -2.20. The van der Waals surface area contributed by atoms with Crippen LogP contribution in [0.2, 0.25) is 0 Å². The fraction of sp³-hybridized carbons (Fsp3) is 0.533. The fourth-order valence-electron chi connectivity index (χ4n) is 2.69. The van der Waals surface area contributed by atoms with Crippen molar-refractivity contribution in [1.82, 2.24) is 9.55 Å². The predicted octanol–water partition coefficient (Wildman–Crippen LogP) is 2.53. The van der Waals surface area contributed by atoms with E-state index in [1.54, 1.807) is 29.9 Å². The second-order valence-electron chi connectivity index (χ2n) is 5.20. The third-order valence-electron chi connectivity index (χ3n) is 3.75. The van der Waals surface area contributed by atoms with E-state index in [9.17, 15) is 9.59 Å². The Balaban J connectivity index is 1.84. The molecule has 0 unspecified atom stereocenters. The van der Waals surface area contributed by atoms with Crippen molar-refractivity contribution in [3.05, 3.63) is 20.8 Å². The number of aryl methyl sites for hydroxylation is 2. The van der Waals surface area contributed by atoms with Crippen LogP contribution in [0.15, 0.2) is 9.95 Å². The van der Waals surface area contributed by atoms with E-state index in [0.29, 0.717) is 23.9 Å². The van der Waals surface area contributed by atoms with E-state index in [2.05, 4.69) is 4.98 Å². The third kappa shape index (κ3) is 2.79. The topological polar surface area (TPSA) is 61.2 Å². The van der Waals surface area contributed by atoms with E-state index in [0.717, 1.165) is 29.5 Å². The van der Waals surface area contributed by atoms with Gasteiger partial charge in [-0.25, -0.2) is 4.98 Å². The summed E-state index contributed by atoms with van der Waals surface area (Å²) >= 11 is 3.07. The number of fused-ring (bicyclic) bond motifs is 3. The first-order valence-electron chi connectivity index (χ1n) is 7.41. The number of nitrogens with zero attached hydrogens (tertiary/aromatic N) is 2. The fourth-order valence-corrected chi connectivity index (χ4v) is 4.89. The number of rotatable bonds is 5. The Morgan fingerprint density at radius 1 is 1.45 bits per heavy atom. The van der Waals surface area contributed by atoms with Crippen molar-refractivity contribution >= 4 is 39.3 Å². The van der Waals surface area contributed by atoms with E-state index in [1.165, 1.54) is 22.2 Å². The van der Waals surface area contributed by atoms with Gasteiger partial charge in [0.1, 0.15) is 4.83 Å². The lowest BCUT2D eigenvalue weighted by Gasteiger charge is -2.07. The Morgan fingerprint density at radius 2 is 2.27 bits per heavy atom. The summed E-state index contributed by atoms with van der Waals surface area (Å²) < 4.78 is 6.51. The minimum atomic E-state index is -0.212. The molecule has 118 valence electrons. The molecule has 2 heterocycles.